The van der Waals surface area contributed by atoms with Gasteiger partial charge >= 0.3 is 0 Å². The van der Waals surface area contributed by atoms with Gasteiger partial charge < -0.3 is 19.7 Å². The molecular weight excluding hydrogens is 420 g/mol. The second-order valence-corrected chi connectivity index (χ2v) is 10.3. The molecule has 1 saturated carbocycles. The van der Waals surface area contributed by atoms with Gasteiger partial charge in [0.2, 0.25) is 5.91 Å². The number of carbonyl (C=O) groups excluding carboxylic acids is 2. The van der Waals surface area contributed by atoms with Crippen LogP contribution in [0.15, 0.2) is 17.5 Å². The molecule has 1 unspecified atom stereocenters. The van der Waals surface area contributed by atoms with Gasteiger partial charge in [-0.1, -0.05) is 39.5 Å². The Labute approximate surface area is 195 Å². The summed E-state index contributed by atoms with van der Waals surface area (Å²) in [6, 6.07) is 3.87. The minimum absolute atomic E-state index is 0.00591. The first-order chi connectivity index (χ1) is 15.6. The third kappa shape index (κ3) is 5.04. The van der Waals surface area contributed by atoms with Gasteiger partial charge in [-0.15, -0.1) is 11.3 Å². The van der Waals surface area contributed by atoms with Crippen LogP contribution in [0.4, 0.5) is 0 Å². The highest BCUT2D eigenvalue weighted by molar-refractivity contribution is 7.17. The van der Waals surface area contributed by atoms with Crippen LogP contribution < -0.4 is 5.32 Å². The lowest BCUT2D eigenvalue weighted by Crippen LogP contribution is -2.57. The van der Waals surface area contributed by atoms with E-state index >= 15 is 0 Å². The van der Waals surface area contributed by atoms with Gasteiger partial charge in [0.25, 0.3) is 5.91 Å². The van der Waals surface area contributed by atoms with Gasteiger partial charge in [-0.2, -0.15) is 0 Å². The maximum atomic E-state index is 13.6. The highest BCUT2D eigenvalue weighted by Gasteiger charge is 2.38. The molecule has 4 rings (SSSR count). The van der Waals surface area contributed by atoms with E-state index in [4.69, 9.17) is 0 Å². The Kier molecular flexibility index (Phi) is 7.89. The van der Waals surface area contributed by atoms with E-state index in [0.717, 1.165) is 61.2 Å². The summed E-state index contributed by atoms with van der Waals surface area (Å²) in [6.45, 7) is 8.40. The number of hydrogen-bond acceptors (Lipinski definition) is 4. The molecule has 1 aliphatic carbocycles. The van der Waals surface area contributed by atoms with Gasteiger partial charge in [-0.25, -0.2) is 0 Å². The molecule has 7 heteroatoms. The van der Waals surface area contributed by atoms with Crippen molar-refractivity contribution in [3.8, 4) is 0 Å². The first-order valence-electron chi connectivity index (χ1n) is 12.5. The van der Waals surface area contributed by atoms with Crippen LogP contribution in [0.25, 0.3) is 10.2 Å². The van der Waals surface area contributed by atoms with Crippen molar-refractivity contribution in [2.45, 2.75) is 83.8 Å². The van der Waals surface area contributed by atoms with Gasteiger partial charge in [0.1, 0.15) is 11.7 Å². The van der Waals surface area contributed by atoms with E-state index in [1.807, 2.05) is 11.0 Å². The number of thiophene rings is 1. The molecule has 0 saturated heterocycles. The fraction of sp³-hybridized carbons (Fsp3) is 0.680. The van der Waals surface area contributed by atoms with Crippen molar-refractivity contribution in [3.63, 3.8) is 0 Å². The number of amides is 2. The molecule has 176 valence electrons. The summed E-state index contributed by atoms with van der Waals surface area (Å²) in [4.78, 5) is 31.4. The van der Waals surface area contributed by atoms with Gasteiger partial charge in [0.15, 0.2) is 0 Å². The normalized spacial score (nSPS) is 20.0. The Morgan fingerprint density at radius 1 is 1.12 bits per heavy atom. The summed E-state index contributed by atoms with van der Waals surface area (Å²) in [5, 5.41) is 5.38. The van der Waals surface area contributed by atoms with Crippen molar-refractivity contribution in [3.05, 3.63) is 23.2 Å². The lowest BCUT2D eigenvalue weighted by Gasteiger charge is -2.37. The van der Waals surface area contributed by atoms with Crippen LogP contribution >= 0.6 is 11.3 Å². The zero-order chi connectivity index (χ0) is 22.5. The Morgan fingerprint density at radius 2 is 1.84 bits per heavy atom. The van der Waals surface area contributed by atoms with Crippen LogP contribution in [-0.2, 0) is 11.3 Å². The van der Waals surface area contributed by atoms with Crippen molar-refractivity contribution in [1.29, 1.82) is 0 Å². The molecule has 1 aliphatic heterocycles. The van der Waals surface area contributed by atoms with E-state index < -0.39 is 6.04 Å². The number of aromatic nitrogens is 1. The van der Waals surface area contributed by atoms with E-state index in [1.165, 1.54) is 25.7 Å². The number of hydrogen-bond donors (Lipinski definition) is 1. The fourth-order valence-electron chi connectivity index (χ4n) is 5.33. The third-order valence-corrected chi connectivity index (χ3v) is 7.83. The molecule has 1 atom stereocenters. The van der Waals surface area contributed by atoms with Crippen molar-refractivity contribution in [1.82, 2.24) is 19.7 Å². The molecule has 6 nitrogen and oxygen atoms in total. The van der Waals surface area contributed by atoms with Crippen LogP contribution in [-0.4, -0.2) is 64.4 Å². The van der Waals surface area contributed by atoms with Crippen LogP contribution in [0.1, 0.15) is 75.7 Å². The predicted molar refractivity (Wildman–Crippen MR) is 131 cm³/mol. The molecule has 2 aliphatic rings. The van der Waals surface area contributed by atoms with E-state index in [9.17, 15) is 9.59 Å². The molecule has 0 bridgehead atoms. The third-order valence-electron chi connectivity index (χ3n) is 6.98. The zero-order valence-electron chi connectivity index (χ0n) is 19.6. The molecule has 2 amide bonds. The predicted octanol–water partition coefficient (Wildman–Crippen LogP) is 4.49. The Bertz CT molecular complexity index is 906. The van der Waals surface area contributed by atoms with Crippen molar-refractivity contribution in [2.75, 3.05) is 26.2 Å². The monoisotopic (exact) mass is 458 g/mol. The molecular formula is C25H38N4O2S. The van der Waals surface area contributed by atoms with Gasteiger partial charge in [0.05, 0.1) is 16.8 Å². The summed E-state index contributed by atoms with van der Waals surface area (Å²) < 4.78 is 3.19. The summed E-state index contributed by atoms with van der Waals surface area (Å²) in [5.74, 6) is 0.0131. The smallest absolute Gasteiger partial charge is 0.271 e. The molecule has 32 heavy (non-hydrogen) atoms. The van der Waals surface area contributed by atoms with Gasteiger partial charge in [-0.3, -0.25) is 9.59 Å². The highest BCUT2D eigenvalue weighted by Crippen LogP contribution is 2.30. The molecule has 0 aromatic carbocycles. The molecule has 0 radical (unpaired) electrons. The van der Waals surface area contributed by atoms with Crippen molar-refractivity contribution >= 4 is 33.4 Å². The lowest BCUT2D eigenvalue weighted by atomic mass is 10.1. The summed E-state index contributed by atoms with van der Waals surface area (Å²) >= 11 is 1.66. The number of fused-ring (bicyclic) bond motifs is 3. The largest absolute Gasteiger partial charge is 0.352 e. The highest BCUT2D eigenvalue weighted by atomic mass is 32.1. The standard InChI is InChI=1S/C25H38N4O2S/c1-3-12-27(13-4-2)14-15-28-22(24(30)26-19-9-7-5-6-8-10-19)18-29-20-11-16-32-23(20)17-21(29)25(28)31/h11,16-17,19,22H,3-10,12-15,18H2,1-2H3,(H,26,30). The minimum atomic E-state index is -0.446. The Hall–Kier alpha value is -1.86. The topological polar surface area (TPSA) is 57.6 Å². The minimum Gasteiger partial charge on any atom is -0.352 e. The first kappa shape index (κ1) is 23.3. The quantitative estimate of drug-likeness (QED) is 0.564. The molecule has 2 aromatic rings. The van der Waals surface area contributed by atoms with E-state index in [-0.39, 0.29) is 17.9 Å². The summed E-state index contributed by atoms with van der Waals surface area (Å²) in [6.07, 6.45) is 9.17. The molecule has 1 fully saturated rings. The van der Waals surface area contributed by atoms with Gasteiger partial charge in [0, 0.05) is 19.1 Å². The van der Waals surface area contributed by atoms with Crippen LogP contribution in [0.2, 0.25) is 0 Å². The molecule has 1 N–H and O–H groups in total. The van der Waals surface area contributed by atoms with Crippen molar-refractivity contribution in [2.24, 2.45) is 0 Å². The molecule has 3 heterocycles. The number of carbonyl (C=O) groups is 2. The van der Waals surface area contributed by atoms with Crippen molar-refractivity contribution < 1.29 is 9.59 Å². The second-order valence-electron chi connectivity index (χ2n) is 9.36. The lowest BCUT2D eigenvalue weighted by molar-refractivity contribution is -0.127. The van der Waals surface area contributed by atoms with Gasteiger partial charge in [-0.05, 0) is 56.3 Å². The zero-order valence-corrected chi connectivity index (χ0v) is 20.5. The molecule has 2 aromatic heterocycles. The summed E-state index contributed by atoms with van der Waals surface area (Å²) in [7, 11) is 0. The van der Waals surface area contributed by atoms with Crippen LogP contribution in [0.5, 0.6) is 0 Å². The maximum absolute atomic E-state index is 13.6. The average Bonchev–Trinajstić information content (AvgIpc) is 3.27. The second kappa shape index (κ2) is 10.8. The van der Waals surface area contributed by atoms with E-state index in [1.54, 1.807) is 11.3 Å². The number of nitrogens with zero attached hydrogens (tertiary/aromatic N) is 3. The number of nitrogens with one attached hydrogen (secondary N) is 1. The maximum Gasteiger partial charge on any atom is 0.271 e. The first-order valence-corrected chi connectivity index (χ1v) is 13.4. The van der Waals surface area contributed by atoms with Crippen LogP contribution in [0.3, 0.4) is 0 Å². The average molecular weight is 459 g/mol. The fourth-order valence-corrected chi connectivity index (χ4v) is 6.15. The Balaban J connectivity index is 1.55. The number of rotatable bonds is 9. The molecule has 0 spiro atoms. The SMILES string of the molecule is CCCN(CCC)CCN1C(=O)c2cc3sccc3n2CC1C(=O)NC1CCCCCC1. The Morgan fingerprint density at radius 3 is 2.53 bits per heavy atom. The van der Waals surface area contributed by atoms with Crippen LogP contribution in [0, 0.1) is 0 Å². The van der Waals surface area contributed by atoms with E-state index in [2.05, 4.69) is 40.1 Å². The summed E-state index contributed by atoms with van der Waals surface area (Å²) in [5.41, 5.74) is 1.80. The van der Waals surface area contributed by atoms with E-state index in [0.29, 0.717) is 13.1 Å².